The highest BCUT2D eigenvalue weighted by atomic mass is 32.2. The maximum atomic E-state index is 11.8. The van der Waals surface area contributed by atoms with Crippen LogP contribution >= 0.6 is 11.8 Å². The molecule has 0 aromatic heterocycles. The first-order chi connectivity index (χ1) is 8.15. The Balaban J connectivity index is 2.26. The lowest BCUT2D eigenvalue weighted by Crippen LogP contribution is -2.50. The van der Waals surface area contributed by atoms with Gasteiger partial charge in [-0.2, -0.15) is 11.8 Å². The molecule has 1 aliphatic rings. The number of thioether (sulfide) groups is 1. The Morgan fingerprint density at radius 2 is 2.35 bits per heavy atom. The van der Waals surface area contributed by atoms with Crippen molar-refractivity contribution in [1.82, 2.24) is 10.6 Å². The predicted octanol–water partition coefficient (Wildman–Crippen LogP) is 1.01. The van der Waals surface area contributed by atoms with E-state index in [0.29, 0.717) is 24.4 Å². The van der Waals surface area contributed by atoms with Crippen molar-refractivity contribution in [2.45, 2.75) is 44.0 Å². The lowest BCUT2D eigenvalue weighted by Gasteiger charge is -2.31. The summed E-state index contributed by atoms with van der Waals surface area (Å²) in [5, 5.41) is 6.87. The minimum atomic E-state index is -0.127. The molecule has 3 atom stereocenters. The molecule has 0 spiro atoms. The third-order valence-corrected chi connectivity index (χ3v) is 4.45. The van der Waals surface area contributed by atoms with E-state index >= 15 is 0 Å². The third-order valence-electron chi connectivity index (χ3n) is 3.07. The summed E-state index contributed by atoms with van der Waals surface area (Å²) in [6, 6.07) is 0.329. The highest BCUT2D eigenvalue weighted by Gasteiger charge is 2.24. The average molecular weight is 260 g/mol. The van der Waals surface area contributed by atoms with Crippen molar-refractivity contribution >= 4 is 17.7 Å². The molecule has 0 aromatic rings. The highest BCUT2D eigenvalue weighted by Crippen LogP contribution is 2.25. The second-order valence-corrected chi connectivity index (χ2v) is 5.98. The third kappa shape index (κ3) is 5.27. The van der Waals surface area contributed by atoms with E-state index in [1.54, 1.807) is 7.11 Å². The normalized spacial score (nSPS) is 26.5. The van der Waals surface area contributed by atoms with Crippen LogP contribution in [0.25, 0.3) is 0 Å². The van der Waals surface area contributed by atoms with Crippen LogP contribution in [0.2, 0.25) is 0 Å². The van der Waals surface area contributed by atoms with Crippen LogP contribution in [0.15, 0.2) is 0 Å². The number of rotatable bonds is 6. The van der Waals surface area contributed by atoms with Gasteiger partial charge >= 0.3 is 0 Å². The molecular weight excluding hydrogens is 236 g/mol. The Bertz CT molecular complexity index is 239. The van der Waals surface area contributed by atoms with Crippen molar-refractivity contribution in [1.29, 1.82) is 0 Å². The Hall–Kier alpha value is -0.260. The van der Waals surface area contributed by atoms with Gasteiger partial charge in [0.1, 0.15) is 0 Å². The SMILES string of the molecule is COCCNC(=O)C(C)NC1CCCSC1C. The molecule has 4 nitrogen and oxygen atoms in total. The van der Waals surface area contributed by atoms with E-state index in [1.165, 1.54) is 18.6 Å². The molecule has 1 fully saturated rings. The van der Waals surface area contributed by atoms with E-state index in [-0.39, 0.29) is 11.9 Å². The van der Waals surface area contributed by atoms with Crippen molar-refractivity contribution < 1.29 is 9.53 Å². The number of hydrogen-bond donors (Lipinski definition) is 2. The molecule has 1 saturated heterocycles. The summed E-state index contributed by atoms with van der Waals surface area (Å²) in [6.07, 6.45) is 2.41. The van der Waals surface area contributed by atoms with Gasteiger partial charge in [0.15, 0.2) is 0 Å². The number of methoxy groups -OCH3 is 1. The smallest absolute Gasteiger partial charge is 0.236 e. The van der Waals surface area contributed by atoms with E-state index in [9.17, 15) is 4.79 Å². The zero-order valence-electron chi connectivity index (χ0n) is 11.0. The molecule has 0 aliphatic carbocycles. The van der Waals surface area contributed by atoms with Gasteiger partial charge in [0.2, 0.25) is 5.91 Å². The summed E-state index contributed by atoms with van der Waals surface area (Å²) >= 11 is 1.99. The van der Waals surface area contributed by atoms with Crippen LogP contribution in [0, 0.1) is 0 Å². The average Bonchev–Trinajstić information content (AvgIpc) is 2.32. The first kappa shape index (κ1) is 14.8. The topological polar surface area (TPSA) is 50.4 Å². The van der Waals surface area contributed by atoms with Gasteiger partial charge in [-0.1, -0.05) is 6.92 Å². The van der Waals surface area contributed by atoms with Crippen LogP contribution in [0.1, 0.15) is 26.7 Å². The van der Waals surface area contributed by atoms with Crippen molar-refractivity contribution in [3.05, 3.63) is 0 Å². The maximum Gasteiger partial charge on any atom is 0.236 e. The van der Waals surface area contributed by atoms with E-state index in [4.69, 9.17) is 4.74 Å². The molecule has 1 rings (SSSR count). The van der Waals surface area contributed by atoms with Crippen LogP contribution in [0.5, 0.6) is 0 Å². The fourth-order valence-corrected chi connectivity index (χ4v) is 3.12. The lowest BCUT2D eigenvalue weighted by atomic mass is 10.1. The van der Waals surface area contributed by atoms with E-state index in [1.807, 2.05) is 18.7 Å². The monoisotopic (exact) mass is 260 g/mol. The van der Waals surface area contributed by atoms with Gasteiger partial charge in [-0.05, 0) is 25.5 Å². The van der Waals surface area contributed by atoms with E-state index in [2.05, 4.69) is 17.6 Å². The molecule has 2 N–H and O–H groups in total. The number of carbonyl (C=O) groups excluding carboxylic acids is 1. The standard InChI is InChI=1S/C12H24N2O2S/c1-9(12(15)13-6-7-16-3)14-11-5-4-8-17-10(11)2/h9-11,14H,4-8H2,1-3H3,(H,13,15). The second-order valence-electron chi connectivity index (χ2n) is 4.50. The van der Waals surface area contributed by atoms with Gasteiger partial charge in [0, 0.05) is 24.9 Å². The Morgan fingerprint density at radius 3 is 3.00 bits per heavy atom. The molecule has 1 heterocycles. The van der Waals surface area contributed by atoms with Gasteiger partial charge in [-0.15, -0.1) is 0 Å². The zero-order chi connectivity index (χ0) is 12.7. The van der Waals surface area contributed by atoms with Crippen molar-refractivity contribution in [2.24, 2.45) is 0 Å². The molecule has 0 bridgehead atoms. The molecule has 17 heavy (non-hydrogen) atoms. The lowest BCUT2D eigenvalue weighted by molar-refractivity contribution is -0.123. The van der Waals surface area contributed by atoms with Crippen molar-refractivity contribution in [3.8, 4) is 0 Å². The number of amides is 1. The first-order valence-electron chi connectivity index (χ1n) is 6.29. The van der Waals surface area contributed by atoms with Crippen molar-refractivity contribution in [2.75, 3.05) is 26.0 Å². The first-order valence-corrected chi connectivity index (χ1v) is 7.34. The van der Waals surface area contributed by atoms with Crippen LogP contribution in [-0.2, 0) is 9.53 Å². The van der Waals surface area contributed by atoms with Gasteiger partial charge in [-0.25, -0.2) is 0 Å². The summed E-state index contributed by atoms with van der Waals surface area (Å²) in [7, 11) is 1.63. The largest absolute Gasteiger partial charge is 0.383 e. The number of ether oxygens (including phenoxy) is 1. The van der Waals surface area contributed by atoms with E-state index in [0.717, 1.165) is 0 Å². The highest BCUT2D eigenvalue weighted by molar-refractivity contribution is 7.99. The molecule has 0 radical (unpaired) electrons. The van der Waals surface area contributed by atoms with Gasteiger partial charge in [-0.3, -0.25) is 4.79 Å². The quantitative estimate of drug-likeness (QED) is 0.700. The minimum Gasteiger partial charge on any atom is -0.383 e. The van der Waals surface area contributed by atoms with Crippen LogP contribution < -0.4 is 10.6 Å². The Kier molecular flexibility index (Phi) is 6.92. The number of nitrogens with one attached hydrogen (secondary N) is 2. The molecule has 3 unspecified atom stereocenters. The van der Waals surface area contributed by atoms with Crippen molar-refractivity contribution in [3.63, 3.8) is 0 Å². The Labute approximate surface area is 108 Å². The molecule has 100 valence electrons. The second kappa shape index (κ2) is 7.95. The maximum absolute atomic E-state index is 11.8. The molecular formula is C12H24N2O2S. The van der Waals surface area contributed by atoms with E-state index < -0.39 is 0 Å². The predicted molar refractivity (Wildman–Crippen MR) is 72.4 cm³/mol. The molecule has 5 heteroatoms. The minimum absolute atomic E-state index is 0.0600. The molecule has 1 aliphatic heterocycles. The van der Waals surface area contributed by atoms with Crippen LogP contribution in [-0.4, -0.2) is 49.3 Å². The molecule has 1 amide bonds. The van der Waals surface area contributed by atoms with Gasteiger partial charge < -0.3 is 15.4 Å². The summed E-state index contributed by atoms with van der Waals surface area (Å²) in [5.41, 5.74) is 0. The molecule has 0 saturated carbocycles. The Morgan fingerprint density at radius 1 is 1.59 bits per heavy atom. The van der Waals surface area contributed by atoms with Crippen LogP contribution in [0.4, 0.5) is 0 Å². The van der Waals surface area contributed by atoms with Crippen LogP contribution in [0.3, 0.4) is 0 Å². The fourth-order valence-electron chi connectivity index (χ4n) is 1.97. The zero-order valence-corrected chi connectivity index (χ0v) is 11.8. The van der Waals surface area contributed by atoms with Gasteiger partial charge in [0.25, 0.3) is 0 Å². The summed E-state index contributed by atoms with van der Waals surface area (Å²) in [6.45, 7) is 5.30. The summed E-state index contributed by atoms with van der Waals surface area (Å²) < 4.78 is 4.90. The number of hydrogen-bond acceptors (Lipinski definition) is 4. The summed E-state index contributed by atoms with van der Waals surface area (Å²) in [5.74, 6) is 1.30. The summed E-state index contributed by atoms with van der Waals surface area (Å²) in [4.78, 5) is 11.8. The molecule has 0 aromatic carbocycles. The number of carbonyl (C=O) groups is 1. The fraction of sp³-hybridized carbons (Fsp3) is 0.917. The van der Waals surface area contributed by atoms with Gasteiger partial charge in [0.05, 0.1) is 12.6 Å².